The molecule has 2 aromatic carbocycles. The van der Waals surface area contributed by atoms with Gasteiger partial charge in [0.15, 0.2) is 0 Å². The summed E-state index contributed by atoms with van der Waals surface area (Å²) in [7, 11) is -2.17. The molecule has 154 valence electrons. The Kier molecular flexibility index (Phi) is 6.46. The summed E-state index contributed by atoms with van der Waals surface area (Å²) >= 11 is 6.26. The molecule has 0 aliphatic carbocycles. The maximum absolute atomic E-state index is 13.1. The van der Waals surface area contributed by atoms with Crippen molar-refractivity contribution in [2.24, 2.45) is 0 Å². The van der Waals surface area contributed by atoms with Crippen molar-refractivity contribution in [3.8, 4) is 0 Å². The molecular weight excluding hydrogens is 408 g/mol. The van der Waals surface area contributed by atoms with Crippen LogP contribution in [0.4, 0.5) is 0 Å². The van der Waals surface area contributed by atoms with Crippen LogP contribution in [0.3, 0.4) is 0 Å². The summed E-state index contributed by atoms with van der Waals surface area (Å²) in [5, 5.41) is 0.249. The number of amides is 1. The molecule has 2 aromatic rings. The van der Waals surface area contributed by atoms with Crippen molar-refractivity contribution < 1.29 is 13.2 Å². The average Bonchev–Trinajstić information content (AvgIpc) is 2.73. The molecule has 0 atom stereocenters. The summed E-state index contributed by atoms with van der Waals surface area (Å²) in [6.45, 7) is 4.61. The van der Waals surface area contributed by atoms with E-state index >= 15 is 0 Å². The van der Waals surface area contributed by atoms with Gasteiger partial charge in [-0.15, -0.1) is 0 Å². The van der Waals surface area contributed by atoms with Gasteiger partial charge < -0.3 is 4.90 Å². The summed E-state index contributed by atoms with van der Waals surface area (Å²) in [6.07, 6.45) is 2.78. The third kappa shape index (κ3) is 4.55. The SMILES string of the molecule is CC(C)N(C)S(=O)(=O)c1ccc(Cl)c(C(=O)N2CC=C(c3ccccc3)CC2)c1. The van der Waals surface area contributed by atoms with E-state index in [9.17, 15) is 13.2 Å². The van der Waals surface area contributed by atoms with Gasteiger partial charge in [0.2, 0.25) is 10.0 Å². The van der Waals surface area contributed by atoms with E-state index in [0.717, 1.165) is 12.0 Å². The average molecular weight is 433 g/mol. The number of hydrogen-bond donors (Lipinski definition) is 0. The monoisotopic (exact) mass is 432 g/mol. The van der Waals surface area contributed by atoms with Crippen molar-refractivity contribution in [3.63, 3.8) is 0 Å². The second-order valence-corrected chi connectivity index (χ2v) is 9.76. The van der Waals surface area contributed by atoms with Crippen LogP contribution < -0.4 is 0 Å². The van der Waals surface area contributed by atoms with Gasteiger partial charge in [-0.2, -0.15) is 4.31 Å². The first kappa shape index (κ1) is 21.6. The highest BCUT2D eigenvalue weighted by Gasteiger charge is 2.27. The minimum Gasteiger partial charge on any atom is -0.335 e. The fraction of sp³-hybridized carbons (Fsp3) is 0.318. The minimum atomic E-state index is -3.69. The number of benzene rings is 2. The highest BCUT2D eigenvalue weighted by Crippen LogP contribution is 2.27. The number of carbonyl (C=O) groups is 1. The van der Waals surface area contributed by atoms with Crippen LogP contribution in [0.15, 0.2) is 59.5 Å². The Labute approximate surface area is 177 Å². The Bertz CT molecular complexity index is 1030. The predicted molar refractivity (Wildman–Crippen MR) is 116 cm³/mol. The molecule has 0 fully saturated rings. The fourth-order valence-electron chi connectivity index (χ4n) is 3.21. The maximum atomic E-state index is 13.1. The molecule has 0 saturated heterocycles. The van der Waals surface area contributed by atoms with Gasteiger partial charge in [-0.3, -0.25) is 4.79 Å². The first-order valence-corrected chi connectivity index (χ1v) is 11.3. The van der Waals surface area contributed by atoms with E-state index in [1.807, 2.05) is 24.3 Å². The summed E-state index contributed by atoms with van der Waals surface area (Å²) in [5.41, 5.74) is 2.57. The van der Waals surface area contributed by atoms with E-state index in [4.69, 9.17) is 11.6 Å². The van der Waals surface area contributed by atoms with Gasteiger partial charge in [0.05, 0.1) is 15.5 Å². The standard InChI is InChI=1S/C22H25ClN2O3S/c1-16(2)24(3)29(27,28)19-9-10-21(23)20(15-19)22(26)25-13-11-18(12-14-25)17-7-5-4-6-8-17/h4-11,15-16H,12-14H2,1-3H3. The van der Waals surface area contributed by atoms with Crippen LogP contribution in [0.5, 0.6) is 0 Å². The topological polar surface area (TPSA) is 57.7 Å². The van der Waals surface area contributed by atoms with Crippen molar-refractivity contribution in [2.75, 3.05) is 20.1 Å². The zero-order chi connectivity index (χ0) is 21.2. The summed E-state index contributed by atoms with van der Waals surface area (Å²) in [5.74, 6) is -0.261. The quantitative estimate of drug-likeness (QED) is 0.707. The molecule has 7 heteroatoms. The van der Waals surface area contributed by atoms with Crippen LogP contribution >= 0.6 is 11.6 Å². The van der Waals surface area contributed by atoms with Gasteiger partial charge in [0.1, 0.15) is 0 Å². The zero-order valence-electron chi connectivity index (χ0n) is 16.8. The fourth-order valence-corrected chi connectivity index (χ4v) is 4.80. The molecule has 1 amide bonds. The van der Waals surface area contributed by atoms with Crippen molar-refractivity contribution in [1.82, 2.24) is 9.21 Å². The maximum Gasteiger partial charge on any atom is 0.255 e. The van der Waals surface area contributed by atoms with E-state index in [1.54, 1.807) is 18.7 Å². The van der Waals surface area contributed by atoms with E-state index in [-0.39, 0.29) is 27.4 Å². The summed E-state index contributed by atoms with van der Waals surface area (Å²) < 4.78 is 26.8. The molecule has 0 bridgehead atoms. The van der Waals surface area contributed by atoms with E-state index in [0.29, 0.717) is 13.1 Å². The molecule has 29 heavy (non-hydrogen) atoms. The lowest BCUT2D eigenvalue weighted by Gasteiger charge is -2.27. The van der Waals surface area contributed by atoms with E-state index in [1.165, 1.54) is 35.1 Å². The molecule has 0 saturated carbocycles. The highest BCUT2D eigenvalue weighted by atomic mass is 35.5. The number of rotatable bonds is 5. The molecule has 0 radical (unpaired) electrons. The van der Waals surface area contributed by atoms with Crippen molar-refractivity contribution in [2.45, 2.75) is 31.2 Å². The number of sulfonamides is 1. The van der Waals surface area contributed by atoms with Gasteiger partial charge in [0, 0.05) is 26.2 Å². The molecule has 0 spiro atoms. The Morgan fingerprint density at radius 1 is 1.14 bits per heavy atom. The second kappa shape index (κ2) is 8.69. The zero-order valence-corrected chi connectivity index (χ0v) is 18.4. The van der Waals surface area contributed by atoms with Gasteiger partial charge in [-0.05, 0) is 49.6 Å². The van der Waals surface area contributed by atoms with Crippen LogP contribution in [0.25, 0.3) is 5.57 Å². The Balaban J connectivity index is 1.84. The number of hydrogen-bond acceptors (Lipinski definition) is 3. The van der Waals surface area contributed by atoms with Crippen molar-refractivity contribution in [3.05, 3.63) is 70.8 Å². The Hall–Kier alpha value is -2.15. The van der Waals surface area contributed by atoms with Crippen molar-refractivity contribution >= 4 is 33.1 Å². The normalized spacial score (nSPS) is 15.0. The van der Waals surface area contributed by atoms with Crippen molar-refractivity contribution in [1.29, 1.82) is 0 Å². The van der Waals surface area contributed by atoms with Gasteiger partial charge in [-0.1, -0.05) is 48.0 Å². The van der Waals surface area contributed by atoms with Crippen LogP contribution in [-0.4, -0.2) is 49.7 Å². The first-order chi connectivity index (χ1) is 13.7. The molecule has 1 aliphatic heterocycles. The van der Waals surface area contributed by atoms with Gasteiger partial charge in [-0.25, -0.2) is 8.42 Å². The third-order valence-corrected chi connectivity index (χ3v) is 7.57. The molecule has 5 nitrogen and oxygen atoms in total. The van der Waals surface area contributed by atoms with Crippen LogP contribution in [0.2, 0.25) is 5.02 Å². The first-order valence-electron chi connectivity index (χ1n) is 9.53. The second-order valence-electron chi connectivity index (χ2n) is 7.35. The Morgan fingerprint density at radius 2 is 1.83 bits per heavy atom. The summed E-state index contributed by atoms with van der Waals surface area (Å²) in [4.78, 5) is 14.8. The molecule has 3 rings (SSSR count). The highest BCUT2D eigenvalue weighted by molar-refractivity contribution is 7.89. The molecule has 0 N–H and O–H groups in total. The Morgan fingerprint density at radius 3 is 2.41 bits per heavy atom. The molecule has 0 aromatic heterocycles. The lowest BCUT2D eigenvalue weighted by molar-refractivity contribution is 0.0773. The van der Waals surface area contributed by atoms with E-state index in [2.05, 4.69) is 12.1 Å². The molecule has 1 aliphatic rings. The smallest absolute Gasteiger partial charge is 0.255 e. The number of halogens is 1. The van der Waals surface area contributed by atoms with E-state index < -0.39 is 10.0 Å². The van der Waals surface area contributed by atoms with Crippen LogP contribution in [0, 0.1) is 0 Å². The minimum absolute atomic E-state index is 0.0685. The van der Waals surface area contributed by atoms with Gasteiger partial charge in [0.25, 0.3) is 5.91 Å². The third-order valence-electron chi connectivity index (χ3n) is 5.21. The molecule has 0 unspecified atom stereocenters. The lowest BCUT2D eigenvalue weighted by Crippen LogP contribution is -2.35. The molecular formula is C22H25ClN2O3S. The summed E-state index contributed by atoms with van der Waals surface area (Å²) in [6, 6.07) is 14.2. The van der Waals surface area contributed by atoms with Crippen LogP contribution in [0.1, 0.15) is 36.2 Å². The molecule has 1 heterocycles. The number of nitrogens with zero attached hydrogens (tertiary/aromatic N) is 2. The van der Waals surface area contributed by atoms with Gasteiger partial charge >= 0.3 is 0 Å². The number of carbonyl (C=O) groups excluding carboxylic acids is 1. The lowest BCUT2D eigenvalue weighted by atomic mass is 9.99. The predicted octanol–water partition coefficient (Wildman–Crippen LogP) is 4.30. The largest absolute Gasteiger partial charge is 0.335 e. The van der Waals surface area contributed by atoms with Crippen LogP contribution in [-0.2, 0) is 10.0 Å².